The van der Waals surface area contributed by atoms with Crippen molar-refractivity contribution in [3.05, 3.63) is 48.0 Å². The first-order valence-electron chi connectivity index (χ1n) is 9.30. The van der Waals surface area contributed by atoms with Gasteiger partial charge in [0.15, 0.2) is 0 Å². The summed E-state index contributed by atoms with van der Waals surface area (Å²) in [4.78, 5) is 12.6. The summed E-state index contributed by atoms with van der Waals surface area (Å²) in [5, 5.41) is 5.51. The summed E-state index contributed by atoms with van der Waals surface area (Å²) < 4.78 is 5.84. The Morgan fingerprint density at radius 3 is 2.84 bits per heavy atom. The molecular weight excluding hydrogens is 312 g/mol. The zero-order chi connectivity index (χ0) is 17.6. The van der Waals surface area contributed by atoms with Crippen molar-refractivity contribution in [2.24, 2.45) is 11.7 Å². The van der Waals surface area contributed by atoms with Crippen LogP contribution in [0, 0.1) is 5.92 Å². The van der Waals surface area contributed by atoms with E-state index in [0.29, 0.717) is 13.2 Å². The van der Waals surface area contributed by atoms with Crippen LogP contribution < -0.4 is 11.1 Å². The van der Waals surface area contributed by atoms with Crippen LogP contribution in [0.25, 0.3) is 10.8 Å². The largest absolute Gasteiger partial charge is 0.377 e. The molecule has 4 nitrogen and oxygen atoms in total. The van der Waals surface area contributed by atoms with Gasteiger partial charge in [0.25, 0.3) is 0 Å². The minimum atomic E-state index is -0.00312. The number of rotatable bonds is 6. The fourth-order valence-corrected chi connectivity index (χ4v) is 3.62. The Morgan fingerprint density at radius 1 is 1.20 bits per heavy atom. The summed E-state index contributed by atoms with van der Waals surface area (Å²) in [6.45, 7) is 3.36. The van der Waals surface area contributed by atoms with Gasteiger partial charge in [0, 0.05) is 25.1 Å². The van der Waals surface area contributed by atoms with Crippen molar-refractivity contribution in [3.8, 4) is 0 Å². The second kappa shape index (κ2) is 8.45. The number of benzene rings is 2. The molecule has 0 saturated heterocycles. The Hall–Kier alpha value is -1.91. The molecule has 1 fully saturated rings. The lowest BCUT2D eigenvalue weighted by Gasteiger charge is -2.33. The number of nitrogens with one attached hydrogen (secondary N) is 1. The van der Waals surface area contributed by atoms with E-state index in [1.54, 1.807) is 0 Å². The molecule has 1 aliphatic carbocycles. The van der Waals surface area contributed by atoms with Crippen molar-refractivity contribution < 1.29 is 9.53 Å². The monoisotopic (exact) mass is 340 g/mol. The predicted molar refractivity (Wildman–Crippen MR) is 101 cm³/mol. The van der Waals surface area contributed by atoms with Gasteiger partial charge in [0.2, 0.25) is 5.91 Å². The van der Waals surface area contributed by atoms with E-state index < -0.39 is 0 Å². The average molecular weight is 340 g/mol. The molecular formula is C21H28N2O2. The Balaban J connectivity index is 1.60. The lowest BCUT2D eigenvalue weighted by Crippen LogP contribution is -2.45. The van der Waals surface area contributed by atoms with Crippen molar-refractivity contribution in [1.82, 2.24) is 5.32 Å². The van der Waals surface area contributed by atoms with Gasteiger partial charge in [-0.2, -0.15) is 0 Å². The Labute approximate surface area is 149 Å². The summed E-state index contributed by atoms with van der Waals surface area (Å²) in [5.74, 6) is 0.113. The minimum absolute atomic E-state index is 0.00186. The summed E-state index contributed by atoms with van der Waals surface area (Å²) >= 11 is 0. The molecule has 3 N–H and O–H groups in total. The Bertz CT molecular complexity index is 711. The quantitative estimate of drug-likeness (QED) is 0.847. The first-order chi connectivity index (χ1) is 12.2. The van der Waals surface area contributed by atoms with Crippen molar-refractivity contribution in [2.45, 2.75) is 51.3 Å². The molecule has 2 aromatic carbocycles. The molecule has 3 atom stereocenters. The molecule has 0 bridgehead atoms. The van der Waals surface area contributed by atoms with Crippen molar-refractivity contribution in [1.29, 1.82) is 0 Å². The molecule has 0 spiro atoms. The highest BCUT2D eigenvalue weighted by molar-refractivity contribution is 5.86. The van der Waals surface area contributed by atoms with Gasteiger partial charge < -0.3 is 15.8 Å². The molecule has 2 aromatic rings. The number of nitrogens with two attached hydrogens (primary N) is 1. The van der Waals surface area contributed by atoms with Gasteiger partial charge in [-0.05, 0) is 42.0 Å². The molecule has 0 radical (unpaired) electrons. The molecule has 0 unspecified atom stereocenters. The maximum atomic E-state index is 12.6. The summed E-state index contributed by atoms with van der Waals surface area (Å²) in [6.07, 6.45) is 3.39. The van der Waals surface area contributed by atoms with Crippen molar-refractivity contribution in [2.75, 3.05) is 6.61 Å². The molecule has 4 heteroatoms. The molecule has 1 amide bonds. The first kappa shape index (κ1) is 17.9. The van der Waals surface area contributed by atoms with Gasteiger partial charge in [-0.3, -0.25) is 4.79 Å². The number of hydrogen-bond acceptors (Lipinski definition) is 3. The zero-order valence-corrected chi connectivity index (χ0v) is 14.9. The third-order valence-corrected chi connectivity index (χ3v) is 5.08. The third-order valence-electron chi connectivity index (χ3n) is 5.08. The number of hydrogen-bond donors (Lipinski definition) is 2. The standard InChI is InChI=1S/C21H28N2O2/c1-2-12-25-20-13-16(10-11-19(20)22)21(24)23-14-17-8-5-7-15-6-3-4-9-18(15)17/h3-9,16,19-20H,2,10-14,22H2,1H3,(H,23,24)/t16-,19+,20+/m0/s1. The van der Waals surface area contributed by atoms with Gasteiger partial charge in [-0.25, -0.2) is 0 Å². The fraction of sp³-hybridized carbons (Fsp3) is 0.476. The van der Waals surface area contributed by atoms with E-state index >= 15 is 0 Å². The topological polar surface area (TPSA) is 64.3 Å². The maximum Gasteiger partial charge on any atom is 0.223 e. The number of carbonyl (C=O) groups is 1. The Morgan fingerprint density at radius 2 is 2.00 bits per heavy atom. The van der Waals surface area contributed by atoms with Crippen LogP contribution in [0.1, 0.15) is 38.2 Å². The second-order valence-electron chi connectivity index (χ2n) is 6.94. The first-order valence-corrected chi connectivity index (χ1v) is 9.30. The number of amides is 1. The number of ether oxygens (including phenoxy) is 1. The van der Waals surface area contributed by atoms with Crippen LogP contribution in [0.15, 0.2) is 42.5 Å². The summed E-state index contributed by atoms with van der Waals surface area (Å²) in [5.41, 5.74) is 7.30. The van der Waals surface area contributed by atoms with Gasteiger partial charge >= 0.3 is 0 Å². The van der Waals surface area contributed by atoms with E-state index in [9.17, 15) is 4.79 Å². The average Bonchev–Trinajstić information content (AvgIpc) is 2.65. The minimum Gasteiger partial charge on any atom is -0.377 e. The van der Waals surface area contributed by atoms with Crippen LogP contribution in [0.5, 0.6) is 0 Å². The maximum absolute atomic E-state index is 12.6. The molecule has 3 rings (SSSR count). The molecule has 0 heterocycles. The second-order valence-corrected chi connectivity index (χ2v) is 6.94. The van der Waals surface area contributed by atoms with Crippen LogP contribution in [-0.4, -0.2) is 24.7 Å². The van der Waals surface area contributed by atoms with Crippen molar-refractivity contribution in [3.63, 3.8) is 0 Å². The van der Waals surface area contributed by atoms with Gasteiger partial charge in [0.1, 0.15) is 0 Å². The molecule has 1 aliphatic rings. The van der Waals surface area contributed by atoms with Crippen LogP contribution >= 0.6 is 0 Å². The van der Waals surface area contributed by atoms with E-state index in [-0.39, 0.29) is 24.0 Å². The van der Waals surface area contributed by atoms with Crippen molar-refractivity contribution >= 4 is 16.7 Å². The number of carbonyl (C=O) groups excluding carboxylic acids is 1. The fourth-order valence-electron chi connectivity index (χ4n) is 3.62. The highest BCUT2D eigenvalue weighted by Crippen LogP contribution is 2.26. The Kier molecular flexibility index (Phi) is 6.05. The summed E-state index contributed by atoms with van der Waals surface area (Å²) in [7, 11) is 0. The molecule has 0 aromatic heterocycles. The zero-order valence-electron chi connectivity index (χ0n) is 14.9. The highest BCUT2D eigenvalue weighted by atomic mass is 16.5. The van der Waals surface area contributed by atoms with E-state index in [4.69, 9.17) is 10.5 Å². The molecule has 134 valence electrons. The van der Waals surface area contributed by atoms with Crippen LogP contribution in [0.4, 0.5) is 0 Å². The summed E-state index contributed by atoms with van der Waals surface area (Å²) in [6, 6.07) is 14.5. The van der Waals surface area contributed by atoms with Crippen LogP contribution in [-0.2, 0) is 16.1 Å². The normalized spacial score (nSPS) is 23.5. The van der Waals surface area contributed by atoms with Gasteiger partial charge in [0.05, 0.1) is 6.10 Å². The molecule has 25 heavy (non-hydrogen) atoms. The molecule has 0 aliphatic heterocycles. The number of fused-ring (bicyclic) bond motifs is 1. The van der Waals surface area contributed by atoms with Crippen LogP contribution in [0.3, 0.4) is 0 Å². The smallest absolute Gasteiger partial charge is 0.223 e. The van der Waals surface area contributed by atoms with Gasteiger partial charge in [-0.1, -0.05) is 49.4 Å². The third kappa shape index (κ3) is 4.39. The van der Waals surface area contributed by atoms with Crippen LogP contribution in [0.2, 0.25) is 0 Å². The highest BCUT2D eigenvalue weighted by Gasteiger charge is 2.32. The lowest BCUT2D eigenvalue weighted by molar-refractivity contribution is -0.128. The SMILES string of the molecule is CCCO[C@@H]1C[C@@H](C(=O)NCc2cccc3ccccc23)CC[C@H]1N. The predicted octanol–water partition coefficient (Wildman–Crippen LogP) is 3.38. The van der Waals surface area contributed by atoms with Gasteiger partial charge in [-0.15, -0.1) is 0 Å². The van der Waals surface area contributed by atoms with E-state index in [0.717, 1.165) is 31.2 Å². The van der Waals surface area contributed by atoms with E-state index in [1.165, 1.54) is 10.8 Å². The van der Waals surface area contributed by atoms with E-state index in [1.807, 2.05) is 18.2 Å². The lowest BCUT2D eigenvalue weighted by atomic mass is 9.83. The van der Waals surface area contributed by atoms with E-state index in [2.05, 4.69) is 36.5 Å². The molecule has 1 saturated carbocycles.